The topological polar surface area (TPSA) is 29.9 Å². The van der Waals surface area contributed by atoms with Gasteiger partial charge in [0.25, 0.3) is 0 Å². The highest BCUT2D eigenvalue weighted by molar-refractivity contribution is 5.39. The van der Waals surface area contributed by atoms with Gasteiger partial charge in [0.05, 0.1) is 17.3 Å². The van der Waals surface area contributed by atoms with Crippen molar-refractivity contribution in [2.75, 3.05) is 7.05 Å². The predicted molar refractivity (Wildman–Crippen MR) is 70.3 cm³/mol. The summed E-state index contributed by atoms with van der Waals surface area (Å²) in [6.07, 6.45) is -2.63. The average Bonchev–Trinajstić information content (AvgIpc) is 2.69. The number of hydrogen-bond acceptors (Lipinski definition) is 2. The zero-order valence-corrected chi connectivity index (χ0v) is 11.5. The first-order valence-electron chi connectivity index (χ1n) is 6.18. The SMILES string of the molecule is CNC(c1ccccc1C(F)(F)F)c1cn(C)nc1C. The minimum atomic E-state index is -4.37. The molecule has 1 unspecified atom stereocenters. The molecule has 108 valence electrons. The lowest BCUT2D eigenvalue weighted by molar-refractivity contribution is -0.138. The van der Waals surface area contributed by atoms with Crippen LogP contribution in [0.5, 0.6) is 0 Å². The summed E-state index contributed by atoms with van der Waals surface area (Å²) in [5, 5.41) is 7.14. The largest absolute Gasteiger partial charge is 0.416 e. The van der Waals surface area contributed by atoms with Crippen molar-refractivity contribution < 1.29 is 13.2 Å². The van der Waals surface area contributed by atoms with E-state index in [1.165, 1.54) is 12.1 Å². The summed E-state index contributed by atoms with van der Waals surface area (Å²) in [6.45, 7) is 1.79. The van der Waals surface area contributed by atoms with Gasteiger partial charge in [-0.3, -0.25) is 4.68 Å². The van der Waals surface area contributed by atoms with Gasteiger partial charge in [-0.05, 0) is 25.6 Å². The molecule has 0 spiro atoms. The molecule has 1 aromatic heterocycles. The Balaban J connectivity index is 2.56. The number of aryl methyl sites for hydroxylation is 2. The van der Waals surface area contributed by atoms with Gasteiger partial charge in [-0.2, -0.15) is 18.3 Å². The van der Waals surface area contributed by atoms with Crippen molar-refractivity contribution in [3.05, 3.63) is 52.8 Å². The second-order valence-electron chi connectivity index (χ2n) is 4.65. The van der Waals surface area contributed by atoms with E-state index in [-0.39, 0.29) is 5.56 Å². The molecule has 0 bridgehead atoms. The molecule has 1 atom stereocenters. The van der Waals surface area contributed by atoms with Crippen LogP contribution in [0, 0.1) is 6.92 Å². The van der Waals surface area contributed by atoms with E-state index in [1.807, 2.05) is 0 Å². The van der Waals surface area contributed by atoms with Gasteiger partial charge in [-0.1, -0.05) is 18.2 Å². The van der Waals surface area contributed by atoms with Crippen molar-refractivity contribution in [3.8, 4) is 0 Å². The molecule has 0 saturated heterocycles. The Morgan fingerprint density at radius 3 is 2.35 bits per heavy atom. The van der Waals surface area contributed by atoms with Crippen molar-refractivity contribution in [2.45, 2.75) is 19.1 Å². The monoisotopic (exact) mass is 283 g/mol. The molecule has 1 N–H and O–H groups in total. The first-order valence-corrected chi connectivity index (χ1v) is 6.18. The maximum absolute atomic E-state index is 13.1. The predicted octanol–water partition coefficient (Wildman–Crippen LogP) is 3.06. The highest BCUT2D eigenvalue weighted by Crippen LogP contribution is 2.36. The fourth-order valence-electron chi connectivity index (χ4n) is 2.39. The Kier molecular flexibility index (Phi) is 3.85. The van der Waals surface area contributed by atoms with Crippen LogP contribution in [0.2, 0.25) is 0 Å². The third kappa shape index (κ3) is 2.70. The van der Waals surface area contributed by atoms with Crippen LogP contribution in [0.25, 0.3) is 0 Å². The van der Waals surface area contributed by atoms with Crippen molar-refractivity contribution in [1.82, 2.24) is 15.1 Å². The maximum Gasteiger partial charge on any atom is 0.416 e. The maximum atomic E-state index is 13.1. The number of halogens is 3. The van der Waals surface area contributed by atoms with Gasteiger partial charge in [-0.25, -0.2) is 0 Å². The first kappa shape index (κ1) is 14.6. The molecule has 1 aromatic carbocycles. The fraction of sp³-hybridized carbons (Fsp3) is 0.357. The van der Waals surface area contributed by atoms with E-state index in [0.29, 0.717) is 5.69 Å². The number of alkyl halides is 3. The summed E-state index contributed by atoms with van der Waals surface area (Å²) in [5.74, 6) is 0. The number of benzene rings is 1. The van der Waals surface area contributed by atoms with Gasteiger partial charge in [0, 0.05) is 18.8 Å². The first-order chi connectivity index (χ1) is 9.34. The molecule has 0 aliphatic rings. The van der Waals surface area contributed by atoms with E-state index in [1.54, 1.807) is 38.0 Å². The second kappa shape index (κ2) is 5.28. The fourth-order valence-corrected chi connectivity index (χ4v) is 2.39. The van der Waals surface area contributed by atoms with Gasteiger partial charge < -0.3 is 5.32 Å². The molecular formula is C14H16F3N3. The minimum absolute atomic E-state index is 0.207. The zero-order chi connectivity index (χ0) is 14.9. The molecule has 20 heavy (non-hydrogen) atoms. The number of nitrogens with one attached hydrogen (secondary N) is 1. The average molecular weight is 283 g/mol. The van der Waals surface area contributed by atoms with Crippen LogP contribution in [0.4, 0.5) is 13.2 Å². The Morgan fingerprint density at radius 2 is 1.85 bits per heavy atom. The second-order valence-corrected chi connectivity index (χ2v) is 4.65. The molecule has 0 saturated carbocycles. The highest BCUT2D eigenvalue weighted by Gasteiger charge is 2.35. The molecule has 6 heteroatoms. The smallest absolute Gasteiger partial charge is 0.309 e. The van der Waals surface area contributed by atoms with Crippen molar-refractivity contribution >= 4 is 0 Å². The Hall–Kier alpha value is -1.82. The molecule has 0 radical (unpaired) electrons. The summed E-state index contributed by atoms with van der Waals surface area (Å²) < 4.78 is 41.0. The van der Waals surface area contributed by atoms with Gasteiger partial charge in [-0.15, -0.1) is 0 Å². The van der Waals surface area contributed by atoms with Crippen LogP contribution in [-0.4, -0.2) is 16.8 Å². The Bertz CT molecular complexity index is 602. The molecule has 0 aliphatic heterocycles. The van der Waals surface area contributed by atoms with Gasteiger partial charge in [0.15, 0.2) is 0 Å². The Labute approximate surface area is 115 Å². The Morgan fingerprint density at radius 1 is 1.20 bits per heavy atom. The molecule has 2 aromatic rings. The summed E-state index contributed by atoms with van der Waals surface area (Å²) in [5.41, 5.74) is 1.04. The summed E-state index contributed by atoms with van der Waals surface area (Å²) in [4.78, 5) is 0. The minimum Gasteiger partial charge on any atom is -0.309 e. The summed E-state index contributed by atoms with van der Waals surface area (Å²) in [7, 11) is 3.39. The third-order valence-electron chi connectivity index (χ3n) is 3.23. The number of hydrogen-bond donors (Lipinski definition) is 1. The third-order valence-corrected chi connectivity index (χ3v) is 3.23. The van der Waals surface area contributed by atoms with Gasteiger partial charge >= 0.3 is 6.18 Å². The van der Waals surface area contributed by atoms with Crippen molar-refractivity contribution in [1.29, 1.82) is 0 Å². The van der Waals surface area contributed by atoms with E-state index >= 15 is 0 Å². The summed E-state index contributed by atoms with van der Waals surface area (Å²) >= 11 is 0. The van der Waals surface area contributed by atoms with Crippen LogP contribution >= 0.6 is 0 Å². The number of rotatable bonds is 3. The molecule has 3 nitrogen and oxygen atoms in total. The van der Waals surface area contributed by atoms with Crippen LogP contribution in [0.15, 0.2) is 30.5 Å². The molecule has 0 aliphatic carbocycles. The lowest BCUT2D eigenvalue weighted by atomic mass is 9.94. The van der Waals surface area contributed by atoms with Gasteiger partial charge in [0.1, 0.15) is 0 Å². The lowest BCUT2D eigenvalue weighted by Crippen LogP contribution is -2.22. The molecule has 0 fully saturated rings. The van der Waals surface area contributed by atoms with Crippen LogP contribution in [-0.2, 0) is 13.2 Å². The van der Waals surface area contributed by atoms with E-state index in [2.05, 4.69) is 10.4 Å². The summed E-state index contributed by atoms with van der Waals surface area (Å²) in [6, 6.07) is 5.07. The zero-order valence-electron chi connectivity index (χ0n) is 11.5. The van der Waals surface area contributed by atoms with E-state index < -0.39 is 17.8 Å². The van der Waals surface area contributed by atoms with E-state index in [4.69, 9.17) is 0 Å². The van der Waals surface area contributed by atoms with Crippen LogP contribution in [0.3, 0.4) is 0 Å². The van der Waals surface area contributed by atoms with Gasteiger partial charge in [0.2, 0.25) is 0 Å². The molecule has 1 heterocycles. The van der Waals surface area contributed by atoms with E-state index in [0.717, 1.165) is 11.6 Å². The number of nitrogens with zero attached hydrogens (tertiary/aromatic N) is 2. The number of aromatic nitrogens is 2. The van der Waals surface area contributed by atoms with E-state index in [9.17, 15) is 13.2 Å². The molecule has 0 amide bonds. The van der Waals surface area contributed by atoms with Crippen LogP contribution < -0.4 is 5.32 Å². The van der Waals surface area contributed by atoms with Crippen molar-refractivity contribution in [3.63, 3.8) is 0 Å². The quantitative estimate of drug-likeness (QED) is 0.938. The normalized spacial score (nSPS) is 13.5. The highest BCUT2D eigenvalue weighted by atomic mass is 19.4. The van der Waals surface area contributed by atoms with Crippen LogP contribution in [0.1, 0.15) is 28.4 Å². The lowest BCUT2D eigenvalue weighted by Gasteiger charge is -2.21. The standard InChI is InChI=1S/C14H16F3N3/c1-9-11(8-20(3)19-9)13(18-2)10-6-4-5-7-12(10)14(15,16)17/h4-8,13,18H,1-3H3. The molecular weight excluding hydrogens is 267 g/mol. The molecule has 2 rings (SSSR count). The van der Waals surface area contributed by atoms with Crippen molar-refractivity contribution in [2.24, 2.45) is 7.05 Å².